The van der Waals surface area contributed by atoms with Crippen molar-refractivity contribution in [3.8, 4) is 0 Å². The van der Waals surface area contributed by atoms with Crippen molar-refractivity contribution >= 4 is 28.3 Å². The van der Waals surface area contributed by atoms with Gasteiger partial charge in [-0.1, -0.05) is 6.07 Å². The minimum Gasteiger partial charge on any atom is -0.394 e. The molecule has 1 aromatic heterocycles. The van der Waals surface area contributed by atoms with E-state index in [1.807, 2.05) is 12.1 Å². The van der Waals surface area contributed by atoms with Crippen LogP contribution < -0.4 is 5.73 Å². The van der Waals surface area contributed by atoms with Crippen molar-refractivity contribution in [1.29, 1.82) is 0 Å². The number of nitrogens with zero attached hydrogens (tertiary/aromatic N) is 1. The predicted octanol–water partition coefficient (Wildman–Crippen LogP) is 1.26. The van der Waals surface area contributed by atoms with Gasteiger partial charge < -0.3 is 10.8 Å². The third kappa shape index (κ3) is 3.06. The van der Waals surface area contributed by atoms with Gasteiger partial charge >= 0.3 is 0 Å². The molecule has 0 radical (unpaired) electrons. The summed E-state index contributed by atoms with van der Waals surface area (Å²) in [4.78, 5) is 4.08. The van der Waals surface area contributed by atoms with Gasteiger partial charge in [0.2, 0.25) is 0 Å². The minimum atomic E-state index is -0.382. The van der Waals surface area contributed by atoms with E-state index in [0.29, 0.717) is 5.69 Å². The van der Waals surface area contributed by atoms with Crippen LogP contribution in [0.2, 0.25) is 0 Å². The van der Waals surface area contributed by atoms with Crippen molar-refractivity contribution in [3.63, 3.8) is 0 Å². The molecule has 0 bridgehead atoms. The fourth-order valence-corrected chi connectivity index (χ4v) is 1.08. The Balaban J connectivity index is 0.00000121. The molecule has 0 aliphatic carbocycles. The summed E-state index contributed by atoms with van der Waals surface area (Å²) in [6.07, 6.45) is 0. The highest BCUT2D eigenvalue weighted by atomic mass is 79.9. The molecule has 68 valence electrons. The van der Waals surface area contributed by atoms with Crippen molar-refractivity contribution in [1.82, 2.24) is 4.98 Å². The molecular formula is C7H10BrClN2O. The molecule has 1 rings (SSSR count). The van der Waals surface area contributed by atoms with Gasteiger partial charge in [0.05, 0.1) is 18.3 Å². The Morgan fingerprint density at radius 1 is 1.58 bits per heavy atom. The van der Waals surface area contributed by atoms with Crippen LogP contribution in [0.15, 0.2) is 22.8 Å². The first kappa shape index (κ1) is 11.8. The normalized spacial score (nSPS) is 11.9. The number of aliphatic hydroxyl groups excluding tert-OH is 1. The van der Waals surface area contributed by atoms with E-state index in [-0.39, 0.29) is 25.1 Å². The average Bonchev–Trinajstić information content (AvgIpc) is 2.03. The zero-order chi connectivity index (χ0) is 8.27. The number of aromatic nitrogens is 1. The van der Waals surface area contributed by atoms with Gasteiger partial charge in [-0.2, -0.15) is 0 Å². The molecule has 0 saturated carbocycles. The summed E-state index contributed by atoms with van der Waals surface area (Å²) >= 11 is 3.21. The smallest absolute Gasteiger partial charge is 0.106 e. The van der Waals surface area contributed by atoms with Crippen LogP contribution in [0.4, 0.5) is 0 Å². The molecule has 0 unspecified atom stereocenters. The van der Waals surface area contributed by atoms with E-state index in [9.17, 15) is 0 Å². The molecule has 1 atom stereocenters. The highest BCUT2D eigenvalue weighted by Gasteiger charge is 2.04. The maximum atomic E-state index is 8.70. The van der Waals surface area contributed by atoms with Crippen LogP contribution in [-0.2, 0) is 0 Å². The van der Waals surface area contributed by atoms with Crippen molar-refractivity contribution in [3.05, 3.63) is 28.5 Å². The molecule has 0 aliphatic heterocycles. The molecule has 0 fully saturated rings. The first-order valence-electron chi connectivity index (χ1n) is 3.23. The molecule has 0 aromatic carbocycles. The van der Waals surface area contributed by atoms with Crippen molar-refractivity contribution in [2.24, 2.45) is 5.73 Å². The maximum Gasteiger partial charge on any atom is 0.106 e. The average molecular weight is 254 g/mol. The quantitative estimate of drug-likeness (QED) is 0.780. The van der Waals surface area contributed by atoms with Gasteiger partial charge in [0.25, 0.3) is 0 Å². The zero-order valence-corrected chi connectivity index (χ0v) is 8.68. The highest BCUT2D eigenvalue weighted by Crippen LogP contribution is 2.10. The summed E-state index contributed by atoms with van der Waals surface area (Å²) in [7, 11) is 0. The Hall–Kier alpha value is -0.160. The van der Waals surface area contributed by atoms with E-state index in [0.717, 1.165) is 4.60 Å². The van der Waals surface area contributed by atoms with Gasteiger partial charge in [0.1, 0.15) is 4.60 Å². The first-order chi connectivity index (χ1) is 5.24. The van der Waals surface area contributed by atoms with E-state index in [1.54, 1.807) is 6.07 Å². The first-order valence-corrected chi connectivity index (χ1v) is 4.02. The molecule has 0 saturated heterocycles. The number of pyridine rings is 1. The zero-order valence-electron chi connectivity index (χ0n) is 6.27. The molecule has 0 spiro atoms. The van der Waals surface area contributed by atoms with Gasteiger partial charge in [-0.15, -0.1) is 12.4 Å². The maximum absolute atomic E-state index is 8.70. The highest BCUT2D eigenvalue weighted by molar-refractivity contribution is 9.10. The van der Waals surface area contributed by atoms with Crippen LogP contribution in [0, 0.1) is 0 Å². The van der Waals surface area contributed by atoms with E-state index < -0.39 is 0 Å². The van der Waals surface area contributed by atoms with Crippen LogP contribution in [0.3, 0.4) is 0 Å². The van der Waals surface area contributed by atoms with E-state index in [4.69, 9.17) is 10.8 Å². The summed E-state index contributed by atoms with van der Waals surface area (Å²) in [5, 5.41) is 8.70. The third-order valence-corrected chi connectivity index (χ3v) is 1.75. The number of hydrogen-bond donors (Lipinski definition) is 2. The number of nitrogens with two attached hydrogens (primary N) is 1. The Morgan fingerprint density at radius 2 is 2.25 bits per heavy atom. The Labute approximate surface area is 85.5 Å². The van der Waals surface area contributed by atoms with Gasteiger partial charge in [0, 0.05) is 0 Å². The van der Waals surface area contributed by atoms with Crippen LogP contribution >= 0.6 is 28.3 Å². The minimum absolute atomic E-state index is 0. The van der Waals surface area contributed by atoms with Crippen LogP contribution in [0.25, 0.3) is 0 Å². The summed E-state index contributed by atoms with van der Waals surface area (Å²) in [6, 6.07) is 5.05. The lowest BCUT2D eigenvalue weighted by molar-refractivity contribution is 0.266. The second-order valence-corrected chi connectivity index (χ2v) is 2.99. The summed E-state index contributed by atoms with van der Waals surface area (Å²) in [6.45, 7) is -0.0799. The lowest BCUT2D eigenvalue weighted by Gasteiger charge is -2.06. The molecule has 1 aromatic rings. The second kappa shape index (κ2) is 5.48. The lowest BCUT2D eigenvalue weighted by atomic mass is 10.2. The number of hydrogen-bond acceptors (Lipinski definition) is 3. The third-order valence-electron chi connectivity index (χ3n) is 1.31. The van der Waals surface area contributed by atoms with Gasteiger partial charge in [-0.25, -0.2) is 4.98 Å². The monoisotopic (exact) mass is 252 g/mol. The largest absolute Gasteiger partial charge is 0.394 e. The molecule has 3 nitrogen and oxygen atoms in total. The summed E-state index contributed by atoms with van der Waals surface area (Å²) in [5.74, 6) is 0. The second-order valence-electron chi connectivity index (χ2n) is 2.17. The van der Waals surface area contributed by atoms with Crippen molar-refractivity contribution in [2.75, 3.05) is 6.61 Å². The Morgan fingerprint density at radius 3 is 2.75 bits per heavy atom. The molecule has 12 heavy (non-hydrogen) atoms. The van der Waals surface area contributed by atoms with Gasteiger partial charge in [-0.05, 0) is 28.1 Å². The van der Waals surface area contributed by atoms with Crippen molar-refractivity contribution < 1.29 is 5.11 Å². The lowest BCUT2D eigenvalue weighted by Crippen LogP contribution is -2.15. The number of aliphatic hydroxyl groups is 1. The fourth-order valence-electron chi connectivity index (χ4n) is 0.724. The van der Waals surface area contributed by atoms with Crippen molar-refractivity contribution in [2.45, 2.75) is 6.04 Å². The Kier molecular flexibility index (Phi) is 5.41. The molecule has 3 N–H and O–H groups in total. The number of rotatable bonds is 2. The van der Waals surface area contributed by atoms with Crippen LogP contribution in [0.1, 0.15) is 11.7 Å². The molecule has 0 aliphatic rings. The van der Waals surface area contributed by atoms with E-state index in [2.05, 4.69) is 20.9 Å². The molecule has 5 heteroatoms. The SMILES string of the molecule is Cl.N[C@@H](CO)c1cccc(Br)n1. The van der Waals surface area contributed by atoms with E-state index >= 15 is 0 Å². The van der Waals surface area contributed by atoms with Crippen LogP contribution in [-0.4, -0.2) is 16.7 Å². The predicted molar refractivity (Wildman–Crippen MR) is 53.2 cm³/mol. The topological polar surface area (TPSA) is 59.1 Å². The molecule has 0 amide bonds. The summed E-state index contributed by atoms with van der Waals surface area (Å²) in [5.41, 5.74) is 6.23. The van der Waals surface area contributed by atoms with Crippen LogP contribution in [0.5, 0.6) is 0 Å². The summed E-state index contributed by atoms with van der Waals surface area (Å²) < 4.78 is 0.735. The molecular weight excluding hydrogens is 243 g/mol. The fraction of sp³-hybridized carbons (Fsp3) is 0.286. The molecule has 1 heterocycles. The standard InChI is InChI=1S/C7H9BrN2O.ClH/c8-7-3-1-2-6(10-7)5(9)4-11;/h1-3,5,11H,4,9H2;1H/t5-;/m0./s1. The number of halogens is 2. The van der Waals surface area contributed by atoms with Gasteiger partial charge in [0.15, 0.2) is 0 Å². The Bertz CT molecular complexity index is 247. The van der Waals surface area contributed by atoms with Gasteiger partial charge in [-0.3, -0.25) is 0 Å². The van der Waals surface area contributed by atoms with E-state index in [1.165, 1.54) is 0 Å².